The molecule has 5 nitrogen and oxygen atoms in total. The number of benzene rings is 1. The van der Waals surface area contributed by atoms with Crippen molar-refractivity contribution in [3.05, 3.63) is 23.8 Å². The van der Waals surface area contributed by atoms with Gasteiger partial charge in [0.25, 0.3) is 5.91 Å². The van der Waals surface area contributed by atoms with Crippen LogP contribution in [0.2, 0.25) is 0 Å². The van der Waals surface area contributed by atoms with E-state index in [9.17, 15) is 15.0 Å². The molecule has 4 N–H and O–H groups in total. The summed E-state index contributed by atoms with van der Waals surface area (Å²) in [6.07, 6.45) is -0.0563. The van der Waals surface area contributed by atoms with Gasteiger partial charge in [-0.1, -0.05) is 0 Å². The summed E-state index contributed by atoms with van der Waals surface area (Å²) in [5.74, 6) is -0.735. The molecule has 0 aliphatic rings. The van der Waals surface area contributed by atoms with Gasteiger partial charge in [0.15, 0.2) is 0 Å². The van der Waals surface area contributed by atoms with Gasteiger partial charge < -0.3 is 20.6 Å². The van der Waals surface area contributed by atoms with Gasteiger partial charge in [0, 0.05) is 17.7 Å². The lowest BCUT2D eigenvalue weighted by Gasteiger charge is -2.15. The molecule has 0 aliphatic heterocycles. The minimum absolute atomic E-state index is 0.168. The Bertz CT molecular complexity index is 383. The average molecular weight is 239 g/mol. The fraction of sp³-hybridized carbons (Fsp3) is 0.417. The molecule has 5 heteroatoms. The SMILES string of the molecule is CC(O)CC(C)NC(=O)c1cc(O)cc(O)c1. The standard InChI is InChI=1S/C12H17NO4/c1-7(3-8(2)14)13-12(17)9-4-10(15)6-11(16)5-9/h4-8,14-16H,3H2,1-2H3,(H,13,17). The highest BCUT2D eigenvalue weighted by Gasteiger charge is 2.13. The number of phenols is 2. The Morgan fingerprint density at radius 1 is 1.24 bits per heavy atom. The molecule has 0 saturated carbocycles. The molecule has 0 aliphatic carbocycles. The summed E-state index contributed by atoms with van der Waals surface area (Å²) < 4.78 is 0. The van der Waals surface area contributed by atoms with Gasteiger partial charge in [-0.3, -0.25) is 4.79 Å². The molecule has 1 amide bonds. The number of phenolic OH excluding ortho intramolecular Hbond substituents is 2. The van der Waals surface area contributed by atoms with E-state index >= 15 is 0 Å². The molecule has 0 fully saturated rings. The van der Waals surface area contributed by atoms with E-state index in [0.717, 1.165) is 6.07 Å². The van der Waals surface area contributed by atoms with Crippen LogP contribution in [-0.4, -0.2) is 33.4 Å². The summed E-state index contributed by atoms with van der Waals surface area (Å²) in [6, 6.07) is 3.50. The Morgan fingerprint density at radius 2 is 1.76 bits per heavy atom. The van der Waals surface area contributed by atoms with Gasteiger partial charge in [-0.05, 0) is 32.4 Å². The fourth-order valence-electron chi connectivity index (χ4n) is 1.60. The van der Waals surface area contributed by atoms with Crippen LogP contribution in [0.5, 0.6) is 11.5 Å². The smallest absolute Gasteiger partial charge is 0.251 e. The zero-order valence-corrected chi connectivity index (χ0v) is 9.84. The van der Waals surface area contributed by atoms with Crippen LogP contribution in [0.3, 0.4) is 0 Å². The lowest BCUT2D eigenvalue weighted by atomic mass is 10.1. The Kier molecular flexibility index (Phi) is 4.34. The molecule has 1 rings (SSSR count). The van der Waals surface area contributed by atoms with Gasteiger partial charge >= 0.3 is 0 Å². The summed E-state index contributed by atoms with van der Waals surface area (Å²) in [5, 5.41) is 30.3. The quantitative estimate of drug-likeness (QED) is 0.630. The molecule has 1 aromatic rings. The second kappa shape index (κ2) is 5.54. The zero-order valence-electron chi connectivity index (χ0n) is 9.84. The second-order valence-electron chi connectivity index (χ2n) is 4.20. The summed E-state index contributed by atoms with van der Waals surface area (Å²) in [4.78, 5) is 11.7. The molecule has 2 atom stereocenters. The fourth-order valence-corrected chi connectivity index (χ4v) is 1.60. The number of hydrogen-bond acceptors (Lipinski definition) is 4. The van der Waals surface area contributed by atoms with E-state index in [1.807, 2.05) is 0 Å². The number of rotatable bonds is 4. The van der Waals surface area contributed by atoms with E-state index in [1.165, 1.54) is 12.1 Å². The second-order valence-corrected chi connectivity index (χ2v) is 4.20. The largest absolute Gasteiger partial charge is 0.508 e. The summed E-state index contributed by atoms with van der Waals surface area (Å²) >= 11 is 0. The zero-order chi connectivity index (χ0) is 13.0. The molecule has 1 aromatic carbocycles. The Balaban J connectivity index is 2.69. The van der Waals surface area contributed by atoms with Gasteiger partial charge in [0.2, 0.25) is 0 Å². The van der Waals surface area contributed by atoms with Crippen LogP contribution in [0.4, 0.5) is 0 Å². The summed E-state index contributed by atoms with van der Waals surface area (Å²) in [6.45, 7) is 3.41. The monoisotopic (exact) mass is 239 g/mol. The van der Waals surface area contributed by atoms with Gasteiger partial charge in [-0.25, -0.2) is 0 Å². The van der Waals surface area contributed by atoms with Crippen molar-refractivity contribution < 1.29 is 20.1 Å². The van der Waals surface area contributed by atoms with Gasteiger partial charge in [0.05, 0.1) is 6.10 Å². The minimum atomic E-state index is -0.497. The van der Waals surface area contributed by atoms with Crippen molar-refractivity contribution in [2.75, 3.05) is 0 Å². The van der Waals surface area contributed by atoms with E-state index in [-0.39, 0.29) is 23.1 Å². The van der Waals surface area contributed by atoms with E-state index in [2.05, 4.69) is 5.32 Å². The van der Waals surface area contributed by atoms with Crippen LogP contribution in [0.25, 0.3) is 0 Å². The van der Waals surface area contributed by atoms with Crippen LogP contribution in [0, 0.1) is 0 Å². The van der Waals surface area contributed by atoms with E-state index in [0.29, 0.717) is 6.42 Å². The van der Waals surface area contributed by atoms with Crippen LogP contribution in [0.1, 0.15) is 30.6 Å². The first-order chi connectivity index (χ1) is 7.88. The molecule has 94 valence electrons. The molecule has 0 saturated heterocycles. The third-order valence-electron chi connectivity index (χ3n) is 2.24. The lowest BCUT2D eigenvalue weighted by Crippen LogP contribution is -2.34. The summed E-state index contributed by atoms with van der Waals surface area (Å²) in [5.41, 5.74) is 0.181. The van der Waals surface area contributed by atoms with E-state index in [4.69, 9.17) is 5.11 Å². The normalized spacial score (nSPS) is 14.1. The first-order valence-electron chi connectivity index (χ1n) is 5.40. The van der Waals surface area contributed by atoms with Gasteiger partial charge in [-0.2, -0.15) is 0 Å². The maximum atomic E-state index is 11.7. The molecule has 0 spiro atoms. The average Bonchev–Trinajstić information content (AvgIpc) is 2.14. The van der Waals surface area contributed by atoms with Crippen LogP contribution in [-0.2, 0) is 0 Å². The topological polar surface area (TPSA) is 89.8 Å². The minimum Gasteiger partial charge on any atom is -0.508 e. The highest BCUT2D eigenvalue weighted by molar-refractivity contribution is 5.95. The molecular weight excluding hydrogens is 222 g/mol. The number of aliphatic hydroxyl groups excluding tert-OH is 1. The van der Waals surface area contributed by atoms with Crippen molar-refractivity contribution in [3.8, 4) is 11.5 Å². The molecular formula is C12H17NO4. The van der Waals surface area contributed by atoms with Crippen molar-refractivity contribution in [2.45, 2.75) is 32.4 Å². The third kappa shape index (κ3) is 4.32. The van der Waals surface area contributed by atoms with Gasteiger partial charge in [0.1, 0.15) is 11.5 Å². The number of aromatic hydroxyl groups is 2. The Labute approximate surface area is 99.7 Å². The highest BCUT2D eigenvalue weighted by Crippen LogP contribution is 2.20. The van der Waals surface area contributed by atoms with Crippen molar-refractivity contribution in [2.24, 2.45) is 0 Å². The molecule has 0 radical (unpaired) electrons. The van der Waals surface area contributed by atoms with E-state index in [1.54, 1.807) is 13.8 Å². The first kappa shape index (κ1) is 13.3. The van der Waals surface area contributed by atoms with Crippen LogP contribution < -0.4 is 5.32 Å². The molecule has 0 aromatic heterocycles. The highest BCUT2D eigenvalue weighted by atomic mass is 16.3. The van der Waals surface area contributed by atoms with Gasteiger partial charge in [-0.15, -0.1) is 0 Å². The summed E-state index contributed by atoms with van der Waals surface area (Å²) in [7, 11) is 0. The molecule has 0 bridgehead atoms. The van der Waals surface area contributed by atoms with Crippen molar-refractivity contribution in [1.82, 2.24) is 5.32 Å². The molecule has 0 heterocycles. The number of carbonyl (C=O) groups excluding carboxylic acids is 1. The molecule has 2 unspecified atom stereocenters. The van der Waals surface area contributed by atoms with Crippen LogP contribution >= 0.6 is 0 Å². The Hall–Kier alpha value is -1.75. The predicted molar refractivity (Wildman–Crippen MR) is 63.0 cm³/mol. The third-order valence-corrected chi connectivity index (χ3v) is 2.24. The number of amides is 1. The lowest BCUT2D eigenvalue weighted by molar-refractivity contribution is 0.0922. The van der Waals surface area contributed by atoms with Crippen molar-refractivity contribution >= 4 is 5.91 Å². The van der Waals surface area contributed by atoms with Crippen LogP contribution in [0.15, 0.2) is 18.2 Å². The van der Waals surface area contributed by atoms with Crippen molar-refractivity contribution in [1.29, 1.82) is 0 Å². The van der Waals surface area contributed by atoms with Crippen molar-refractivity contribution in [3.63, 3.8) is 0 Å². The number of carbonyl (C=O) groups is 1. The predicted octanol–water partition coefficient (Wildman–Crippen LogP) is 0.987. The molecule has 17 heavy (non-hydrogen) atoms. The Morgan fingerprint density at radius 3 is 2.24 bits per heavy atom. The van der Waals surface area contributed by atoms with E-state index < -0.39 is 12.0 Å². The maximum absolute atomic E-state index is 11.7. The number of aliphatic hydroxyl groups is 1. The number of hydrogen-bond donors (Lipinski definition) is 4. The number of nitrogens with one attached hydrogen (secondary N) is 1. The maximum Gasteiger partial charge on any atom is 0.251 e. The first-order valence-corrected chi connectivity index (χ1v) is 5.40.